The molecule has 2 nitrogen and oxygen atoms in total. The Morgan fingerprint density at radius 3 is 2.62 bits per heavy atom. The lowest BCUT2D eigenvalue weighted by atomic mass is 9.89. The maximum atomic E-state index is 5.66. The van der Waals surface area contributed by atoms with Gasteiger partial charge in [-0.05, 0) is 37.4 Å². The van der Waals surface area contributed by atoms with E-state index in [1.807, 2.05) is 0 Å². The zero-order valence-corrected chi connectivity index (χ0v) is 10.3. The van der Waals surface area contributed by atoms with Crippen LogP contribution in [0.15, 0.2) is 16.5 Å². The van der Waals surface area contributed by atoms with Gasteiger partial charge in [0.25, 0.3) is 0 Å². The van der Waals surface area contributed by atoms with Crippen molar-refractivity contribution in [3.05, 3.63) is 23.7 Å². The minimum atomic E-state index is 0.885. The van der Waals surface area contributed by atoms with Crippen molar-refractivity contribution in [2.45, 2.75) is 52.0 Å². The molecular formula is C14H23NO. The van der Waals surface area contributed by atoms with E-state index < -0.39 is 0 Å². The fourth-order valence-electron chi connectivity index (χ4n) is 2.50. The summed E-state index contributed by atoms with van der Waals surface area (Å²) in [5.41, 5.74) is 0. The van der Waals surface area contributed by atoms with Gasteiger partial charge in [0.1, 0.15) is 11.5 Å². The first-order chi connectivity index (χ1) is 7.88. The highest BCUT2D eigenvalue weighted by molar-refractivity contribution is 5.06. The number of aryl methyl sites for hydroxylation is 1. The third-order valence-corrected chi connectivity index (χ3v) is 3.52. The largest absolute Gasteiger partial charge is 0.465 e. The molecule has 0 bridgehead atoms. The Kier molecular flexibility index (Phi) is 4.46. The molecule has 1 heterocycles. The molecule has 1 saturated carbocycles. The third kappa shape index (κ3) is 3.38. The summed E-state index contributed by atoms with van der Waals surface area (Å²) in [5, 5.41) is 3.52. The summed E-state index contributed by atoms with van der Waals surface area (Å²) in [4.78, 5) is 0. The van der Waals surface area contributed by atoms with Gasteiger partial charge in [-0.25, -0.2) is 0 Å². The molecule has 1 aliphatic carbocycles. The van der Waals surface area contributed by atoms with Gasteiger partial charge < -0.3 is 9.73 Å². The van der Waals surface area contributed by atoms with Crippen molar-refractivity contribution in [1.82, 2.24) is 5.32 Å². The highest BCUT2D eigenvalue weighted by atomic mass is 16.3. The van der Waals surface area contributed by atoms with Crippen LogP contribution in [0.25, 0.3) is 0 Å². The van der Waals surface area contributed by atoms with Crippen LogP contribution in [0.4, 0.5) is 0 Å². The van der Waals surface area contributed by atoms with Crippen LogP contribution in [-0.4, -0.2) is 6.54 Å². The van der Waals surface area contributed by atoms with Gasteiger partial charge in [-0.2, -0.15) is 0 Å². The van der Waals surface area contributed by atoms with Gasteiger partial charge in [-0.15, -0.1) is 0 Å². The van der Waals surface area contributed by atoms with Crippen molar-refractivity contribution in [3.8, 4) is 0 Å². The average Bonchev–Trinajstić information content (AvgIpc) is 2.78. The Morgan fingerprint density at radius 2 is 1.94 bits per heavy atom. The lowest BCUT2D eigenvalue weighted by molar-refractivity contribution is 0.335. The molecule has 0 unspecified atom stereocenters. The summed E-state index contributed by atoms with van der Waals surface area (Å²) in [5.74, 6) is 3.07. The van der Waals surface area contributed by atoms with Gasteiger partial charge in [0.05, 0.1) is 6.54 Å². The first kappa shape index (κ1) is 11.7. The van der Waals surface area contributed by atoms with E-state index in [0.717, 1.165) is 36.9 Å². The fraction of sp³-hybridized carbons (Fsp3) is 0.714. The molecule has 0 aromatic carbocycles. The minimum Gasteiger partial charge on any atom is -0.465 e. The van der Waals surface area contributed by atoms with Crippen LogP contribution in [0.3, 0.4) is 0 Å². The standard InChI is InChI=1S/C14H23NO/c1-2-13-8-9-14(16-13)11-15-10-12-6-4-3-5-7-12/h8-9,12,15H,2-7,10-11H2,1H3. The van der Waals surface area contributed by atoms with Gasteiger partial charge in [0.15, 0.2) is 0 Å². The highest BCUT2D eigenvalue weighted by Gasteiger charge is 2.12. The molecule has 0 spiro atoms. The Hall–Kier alpha value is -0.760. The summed E-state index contributed by atoms with van der Waals surface area (Å²) in [6.07, 6.45) is 8.09. The fourth-order valence-corrected chi connectivity index (χ4v) is 2.50. The van der Waals surface area contributed by atoms with Crippen LogP contribution in [0.5, 0.6) is 0 Å². The number of hydrogen-bond donors (Lipinski definition) is 1. The molecule has 16 heavy (non-hydrogen) atoms. The second kappa shape index (κ2) is 6.09. The van der Waals surface area contributed by atoms with Crippen LogP contribution >= 0.6 is 0 Å². The summed E-state index contributed by atoms with van der Waals surface area (Å²) in [6, 6.07) is 4.17. The maximum absolute atomic E-state index is 5.66. The Bertz CT molecular complexity index is 299. The van der Waals surface area contributed by atoms with E-state index >= 15 is 0 Å². The summed E-state index contributed by atoms with van der Waals surface area (Å²) >= 11 is 0. The summed E-state index contributed by atoms with van der Waals surface area (Å²) in [6.45, 7) is 4.16. The van der Waals surface area contributed by atoms with Gasteiger partial charge in [-0.3, -0.25) is 0 Å². The molecule has 0 atom stereocenters. The predicted molar refractivity (Wildman–Crippen MR) is 66.4 cm³/mol. The van der Waals surface area contributed by atoms with Crippen molar-refractivity contribution in [1.29, 1.82) is 0 Å². The van der Waals surface area contributed by atoms with E-state index in [2.05, 4.69) is 24.4 Å². The quantitative estimate of drug-likeness (QED) is 0.823. The normalized spacial score (nSPS) is 17.8. The van der Waals surface area contributed by atoms with E-state index in [1.165, 1.54) is 32.1 Å². The minimum absolute atomic E-state index is 0.885. The Labute approximate surface area is 98.4 Å². The molecule has 2 rings (SSSR count). The van der Waals surface area contributed by atoms with E-state index in [-0.39, 0.29) is 0 Å². The molecule has 0 amide bonds. The maximum Gasteiger partial charge on any atom is 0.117 e. The van der Waals surface area contributed by atoms with Gasteiger partial charge >= 0.3 is 0 Å². The molecule has 0 radical (unpaired) electrons. The lowest BCUT2D eigenvalue weighted by Gasteiger charge is -2.21. The van der Waals surface area contributed by atoms with Crippen molar-refractivity contribution < 1.29 is 4.42 Å². The Morgan fingerprint density at radius 1 is 1.19 bits per heavy atom. The molecule has 1 N–H and O–H groups in total. The molecule has 1 fully saturated rings. The lowest BCUT2D eigenvalue weighted by Crippen LogP contribution is -2.23. The molecule has 1 aromatic heterocycles. The molecule has 1 aliphatic rings. The number of hydrogen-bond acceptors (Lipinski definition) is 2. The van der Waals surface area contributed by atoms with Crippen molar-refractivity contribution in [2.24, 2.45) is 5.92 Å². The second-order valence-corrected chi connectivity index (χ2v) is 4.86. The third-order valence-electron chi connectivity index (χ3n) is 3.52. The zero-order valence-electron chi connectivity index (χ0n) is 10.3. The number of nitrogens with one attached hydrogen (secondary N) is 1. The van der Waals surface area contributed by atoms with Crippen LogP contribution in [0.2, 0.25) is 0 Å². The summed E-state index contributed by atoms with van der Waals surface area (Å²) < 4.78 is 5.66. The van der Waals surface area contributed by atoms with Crippen molar-refractivity contribution in [3.63, 3.8) is 0 Å². The van der Waals surface area contributed by atoms with Crippen LogP contribution in [0.1, 0.15) is 50.5 Å². The SMILES string of the molecule is CCc1ccc(CNCC2CCCCC2)o1. The molecule has 0 aliphatic heterocycles. The topological polar surface area (TPSA) is 25.2 Å². The van der Waals surface area contributed by atoms with Gasteiger partial charge in [0, 0.05) is 6.42 Å². The molecular weight excluding hydrogens is 198 g/mol. The van der Waals surface area contributed by atoms with Crippen LogP contribution in [0, 0.1) is 5.92 Å². The average molecular weight is 221 g/mol. The highest BCUT2D eigenvalue weighted by Crippen LogP contribution is 2.22. The van der Waals surface area contributed by atoms with E-state index in [9.17, 15) is 0 Å². The Balaban J connectivity index is 1.66. The van der Waals surface area contributed by atoms with Crippen molar-refractivity contribution in [2.75, 3.05) is 6.54 Å². The number of rotatable bonds is 5. The summed E-state index contributed by atoms with van der Waals surface area (Å²) in [7, 11) is 0. The van der Waals surface area contributed by atoms with Crippen LogP contribution < -0.4 is 5.32 Å². The number of furan rings is 1. The predicted octanol–water partition coefficient (Wildman–Crippen LogP) is 3.51. The molecule has 2 heteroatoms. The second-order valence-electron chi connectivity index (χ2n) is 4.86. The van der Waals surface area contributed by atoms with Crippen LogP contribution in [-0.2, 0) is 13.0 Å². The smallest absolute Gasteiger partial charge is 0.117 e. The monoisotopic (exact) mass is 221 g/mol. The molecule has 1 aromatic rings. The van der Waals surface area contributed by atoms with Crippen molar-refractivity contribution >= 4 is 0 Å². The van der Waals surface area contributed by atoms with E-state index in [1.54, 1.807) is 0 Å². The van der Waals surface area contributed by atoms with Gasteiger partial charge in [0.2, 0.25) is 0 Å². The zero-order chi connectivity index (χ0) is 11.2. The molecule has 90 valence electrons. The first-order valence-corrected chi connectivity index (χ1v) is 6.66. The van der Waals surface area contributed by atoms with Gasteiger partial charge in [-0.1, -0.05) is 26.2 Å². The van der Waals surface area contributed by atoms with E-state index in [0.29, 0.717) is 0 Å². The van der Waals surface area contributed by atoms with E-state index in [4.69, 9.17) is 4.42 Å². The first-order valence-electron chi connectivity index (χ1n) is 6.66. The molecule has 0 saturated heterocycles.